The molecule has 0 aromatic heterocycles. The minimum absolute atomic E-state index is 0. The first-order chi connectivity index (χ1) is 8.63. The van der Waals surface area contributed by atoms with E-state index in [2.05, 4.69) is 0 Å². The highest BCUT2D eigenvalue weighted by molar-refractivity contribution is 5.66. The van der Waals surface area contributed by atoms with Gasteiger partial charge in [0.05, 0.1) is 0 Å². The first-order valence-corrected chi connectivity index (χ1v) is 5.81. The zero-order valence-corrected chi connectivity index (χ0v) is 10.4. The van der Waals surface area contributed by atoms with Gasteiger partial charge in [-0.25, -0.2) is 8.78 Å². The lowest BCUT2D eigenvalue weighted by molar-refractivity contribution is 0.505. The van der Waals surface area contributed by atoms with Gasteiger partial charge in [0.2, 0.25) is 0 Å². The van der Waals surface area contributed by atoms with Gasteiger partial charge in [-0.05, 0) is 30.5 Å². The van der Waals surface area contributed by atoms with Crippen molar-refractivity contribution in [3.05, 3.63) is 65.2 Å². The molecule has 0 atom stereocenters. The van der Waals surface area contributed by atoms with Crippen molar-refractivity contribution in [2.24, 2.45) is 0 Å². The summed E-state index contributed by atoms with van der Waals surface area (Å²) in [6.07, 6.45) is 3.89. The van der Waals surface area contributed by atoms with Crippen LogP contribution in [0.15, 0.2) is 42.5 Å². The summed E-state index contributed by atoms with van der Waals surface area (Å²) in [7, 11) is 0. The summed E-state index contributed by atoms with van der Waals surface area (Å²) >= 11 is 0. The molecule has 0 nitrogen and oxygen atoms in total. The Morgan fingerprint density at radius 1 is 0.895 bits per heavy atom. The average molecular weight is 260 g/mol. The molecule has 100 valence electrons. The summed E-state index contributed by atoms with van der Waals surface area (Å²) in [5.74, 6) is -1.56. The molecular formula is C17H18F2. The predicted octanol–water partition coefficient (Wildman–Crippen LogP) is 5.61. The molecule has 0 fully saturated rings. The molecule has 0 unspecified atom stereocenters. The van der Waals surface area contributed by atoms with Gasteiger partial charge in [0.25, 0.3) is 0 Å². The lowest BCUT2D eigenvalue weighted by Crippen LogP contribution is -1.92. The minimum Gasteiger partial charge on any atom is -0.203 e. The van der Waals surface area contributed by atoms with E-state index in [1.807, 2.05) is 31.2 Å². The summed E-state index contributed by atoms with van der Waals surface area (Å²) < 4.78 is 27.3. The van der Waals surface area contributed by atoms with Crippen molar-refractivity contribution in [2.45, 2.75) is 21.3 Å². The van der Waals surface area contributed by atoms with Crippen LogP contribution in [0.4, 0.5) is 8.78 Å². The van der Waals surface area contributed by atoms with Crippen LogP contribution in [0.5, 0.6) is 0 Å². The molecule has 0 aliphatic heterocycles. The van der Waals surface area contributed by atoms with E-state index in [9.17, 15) is 8.78 Å². The number of aryl methyl sites for hydroxylation is 1. The molecule has 2 heteroatoms. The lowest BCUT2D eigenvalue weighted by Gasteiger charge is -2.06. The highest BCUT2D eigenvalue weighted by Crippen LogP contribution is 2.26. The molecule has 19 heavy (non-hydrogen) atoms. The minimum atomic E-state index is -0.784. The maximum atomic E-state index is 13.8. The Morgan fingerprint density at radius 2 is 1.53 bits per heavy atom. The van der Waals surface area contributed by atoms with Crippen LogP contribution in [0, 0.1) is 18.6 Å². The van der Waals surface area contributed by atoms with E-state index in [-0.39, 0.29) is 7.43 Å². The first kappa shape index (κ1) is 15.1. The molecule has 0 amide bonds. The molecule has 2 rings (SSSR count). The number of benzene rings is 2. The van der Waals surface area contributed by atoms with Crippen LogP contribution in [0.3, 0.4) is 0 Å². The Kier molecular flexibility index (Phi) is 4.99. The van der Waals surface area contributed by atoms with E-state index >= 15 is 0 Å². The van der Waals surface area contributed by atoms with E-state index in [1.54, 1.807) is 31.2 Å². The van der Waals surface area contributed by atoms with Gasteiger partial charge in [0.15, 0.2) is 11.6 Å². The van der Waals surface area contributed by atoms with Crippen LogP contribution in [-0.4, -0.2) is 0 Å². The third-order valence-corrected chi connectivity index (χ3v) is 2.86. The van der Waals surface area contributed by atoms with Crippen molar-refractivity contribution in [2.75, 3.05) is 0 Å². The Morgan fingerprint density at radius 3 is 2.11 bits per heavy atom. The zero-order chi connectivity index (χ0) is 13.1. The molecule has 0 spiro atoms. The molecule has 0 aliphatic carbocycles. The van der Waals surface area contributed by atoms with Crippen LogP contribution in [0.1, 0.15) is 25.5 Å². The van der Waals surface area contributed by atoms with E-state index in [1.165, 1.54) is 0 Å². The molecule has 0 bridgehead atoms. The quantitative estimate of drug-likeness (QED) is 0.658. The third kappa shape index (κ3) is 3.08. The largest absolute Gasteiger partial charge is 0.203 e. The van der Waals surface area contributed by atoms with Crippen molar-refractivity contribution in [1.82, 2.24) is 0 Å². The SMILES string of the molecule is C.CC=Cc1ccc(-c2ccc(C)c(F)c2F)cc1. The fourth-order valence-electron chi connectivity index (χ4n) is 1.84. The third-order valence-electron chi connectivity index (χ3n) is 2.86. The monoisotopic (exact) mass is 260 g/mol. The van der Waals surface area contributed by atoms with Crippen molar-refractivity contribution in [3.8, 4) is 11.1 Å². The number of hydrogen-bond acceptors (Lipinski definition) is 0. The molecule has 0 radical (unpaired) electrons. The maximum absolute atomic E-state index is 13.8. The Balaban J connectivity index is 0.00000180. The van der Waals surface area contributed by atoms with Gasteiger partial charge in [-0.15, -0.1) is 0 Å². The topological polar surface area (TPSA) is 0 Å². The Bertz CT molecular complexity index is 581. The predicted molar refractivity (Wildman–Crippen MR) is 78.0 cm³/mol. The second-order valence-electron chi connectivity index (χ2n) is 4.18. The van der Waals surface area contributed by atoms with Gasteiger partial charge in [0, 0.05) is 5.56 Å². The summed E-state index contributed by atoms with van der Waals surface area (Å²) in [6, 6.07) is 10.6. The smallest absolute Gasteiger partial charge is 0.166 e. The van der Waals surface area contributed by atoms with Crippen LogP contribution < -0.4 is 0 Å². The van der Waals surface area contributed by atoms with Gasteiger partial charge in [-0.1, -0.05) is 56.0 Å². The second-order valence-corrected chi connectivity index (χ2v) is 4.18. The molecular weight excluding hydrogens is 242 g/mol. The highest BCUT2D eigenvalue weighted by Gasteiger charge is 2.11. The number of allylic oxidation sites excluding steroid dienone is 1. The summed E-state index contributed by atoms with van der Waals surface area (Å²) in [5.41, 5.74) is 2.33. The molecule has 0 aliphatic rings. The van der Waals surface area contributed by atoms with Gasteiger partial charge >= 0.3 is 0 Å². The molecule has 0 saturated heterocycles. The Hall–Kier alpha value is -1.96. The van der Waals surface area contributed by atoms with E-state index in [4.69, 9.17) is 0 Å². The summed E-state index contributed by atoms with van der Waals surface area (Å²) in [5, 5.41) is 0. The highest BCUT2D eigenvalue weighted by atomic mass is 19.2. The van der Waals surface area contributed by atoms with Gasteiger partial charge < -0.3 is 0 Å². The van der Waals surface area contributed by atoms with E-state index < -0.39 is 11.6 Å². The molecule has 2 aromatic carbocycles. The van der Waals surface area contributed by atoms with E-state index in [0.29, 0.717) is 16.7 Å². The van der Waals surface area contributed by atoms with Crippen LogP contribution in [0.2, 0.25) is 0 Å². The number of hydrogen-bond donors (Lipinski definition) is 0. The molecule has 0 N–H and O–H groups in total. The van der Waals surface area contributed by atoms with Crippen molar-refractivity contribution < 1.29 is 8.78 Å². The summed E-state index contributed by atoms with van der Waals surface area (Å²) in [6.45, 7) is 3.49. The van der Waals surface area contributed by atoms with Crippen molar-refractivity contribution in [3.63, 3.8) is 0 Å². The lowest BCUT2D eigenvalue weighted by atomic mass is 10.0. The van der Waals surface area contributed by atoms with Crippen LogP contribution in [0.25, 0.3) is 17.2 Å². The zero-order valence-electron chi connectivity index (χ0n) is 10.4. The fourth-order valence-corrected chi connectivity index (χ4v) is 1.84. The maximum Gasteiger partial charge on any atom is 0.166 e. The van der Waals surface area contributed by atoms with Crippen molar-refractivity contribution in [1.29, 1.82) is 0 Å². The number of rotatable bonds is 2. The fraction of sp³-hybridized carbons (Fsp3) is 0.176. The Labute approximate surface area is 113 Å². The van der Waals surface area contributed by atoms with Crippen molar-refractivity contribution >= 4 is 6.08 Å². The summed E-state index contributed by atoms with van der Waals surface area (Å²) in [4.78, 5) is 0. The average Bonchev–Trinajstić information content (AvgIpc) is 2.38. The van der Waals surface area contributed by atoms with Gasteiger partial charge in [-0.3, -0.25) is 0 Å². The standard InChI is InChI=1S/C16H14F2.CH4/c1-3-4-12-6-8-13(9-7-12)14-10-5-11(2)15(17)16(14)18;/h3-10H,1-2H3;1H4. The first-order valence-electron chi connectivity index (χ1n) is 5.81. The van der Waals surface area contributed by atoms with Gasteiger partial charge in [0.1, 0.15) is 0 Å². The van der Waals surface area contributed by atoms with Gasteiger partial charge in [-0.2, -0.15) is 0 Å². The normalized spacial score (nSPS) is 10.5. The molecule has 2 aromatic rings. The van der Waals surface area contributed by atoms with Crippen LogP contribution in [-0.2, 0) is 0 Å². The molecule has 0 saturated carbocycles. The van der Waals surface area contributed by atoms with Crippen LogP contribution >= 0.6 is 0 Å². The molecule has 0 heterocycles. The second kappa shape index (κ2) is 6.28. The van der Waals surface area contributed by atoms with E-state index in [0.717, 1.165) is 5.56 Å². The number of halogens is 2.